The Morgan fingerprint density at radius 2 is 1.88 bits per heavy atom. The van der Waals surface area contributed by atoms with Gasteiger partial charge in [-0.15, -0.1) is 0 Å². The average Bonchev–Trinajstić information content (AvgIpc) is 3.34. The number of ether oxygens (including phenoxy) is 1. The van der Waals surface area contributed by atoms with Gasteiger partial charge >= 0.3 is 5.97 Å². The fourth-order valence-electron chi connectivity index (χ4n) is 3.62. The maximum atomic E-state index is 13.3. The third-order valence-electron chi connectivity index (χ3n) is 4.86. The van der Waals surface area contributed by atoms with Gasteiger partial charge in [-0.1, -0.05) is 41.9 Å². The number of halogens is 1. The number of hydrogen-bond donors (Lipinski definition) is 1. The van der Waals surface area contributed by atoms with E-state index in [2.05, 4.69) is 0 Å². The monoisotopic (exact) mass is 393 g/mol. The van der Waals surface area contributed by atoms with Gasteiger partial charge in [0, 0.05) is 17.5 Å². The highest BCUT2D eigenvalue weighted by atomic mass is 35.5. The van der Waals surface area contributed by atoms with Crippen LogP contribution < -0.4 is 5.73 Å². The molecule has 2 N–H and O–H groups in total. The topological polar surface area (TPSA) is 86.5 Å². The first-order valence-electron chi connectivity index (χ1n) is 8.31. The van der Waals surface area contributed by atoms with Crippen LogP contribution in [-0.4, -0.2) is 32.8 Å². The zero-order valence-corrected chi connectivity index (χ0v) is 15.8. The van der Waals surface area contributed by atoms with Gasteiger partial charge in [0.05, 0.1) is 16.8 Å². The lowest BCUT2D eigenvalue weighted by Gasteiger charge is -2.14. The number of carbonyl (C=O) groups is 1. The number of esters is 1. The first-order valence-corrected chi connectivity index (χ1v) is 10.2. The van der Waals surface area contributed by atoms with Gasteiger partial charge in [0.2, 0.25) is 0 Å². The Hall–Kier alpha value is -1.89. The first-order chi connectivity index (χ1) is 12.4. The molecule has 0 heterocycles. The molecule has 3 atom stereocenters. The molecule has 3 unspecified atom stereocenters. The van der Waals surface area contributed by atoms with Crippen molar-refractivity contribution in [1.82, 2.24) is 0 Å². The molecule has 0 bridgehead atoms. The minimum absolute atomic E-state index is 0.125. The van der Waals surface area contributed by atoms with Crippen molar-refractivity contribution >= 4 is 27.4 Å². The predicted molar refractivity (Wildman–Crippen MR) is 99.7 cm³/mol. The molecule has 138 valence electrons. The normalized spacial score (nSPS) is 24.9. The molecule has 1 saturated carbocycles. The van der Waals surface area contributed by atoms with Crippen LogP contribution in [0.5, 0.6) is 0 Å². The molecule has 3 rings (SSSR count). The molecule has 2 aromatic carbocycles. The van der Waals surface area contributed by atoms with Crippen LogP contribution in [0.25, 0.3) is 0 Å². The van der Waals surface area contributed by atoms with Crippen LogP contribution in [-0.2, 0) is 19.4 Å². The third-order valence-corrected chi connectivity index (χ3v) is 7.39. The molecule has 0 radical (unpaired) electrons. The van der Waals surface area contributed by atoms with Crippen molar-refractivity contribution in [2.24, 2.45) is 11.1 Å². The van der Waals surface area contributed by atoms with Gasteiger partial charge in [0.25, 0.3) is 0 Å². The van der Waals surface area contributed by atoms with E-state index in [4.69, 9.17) is 22.1 Å². The Kier molecular flexibility index (Phi) is 5.10. The molecule has 1 fully saturated rings. The van der Waals surface area contributed by atoms with Crippen molar-refractivity contribution in [3.63, 3.8) is 0 Å². The Morgan fingerprint density at radius 1 is 1.19 bits per heavy atom. The summed E-state index contributed by atoms with van der Waals surface area (Å²) < 4.78 is 31.7. The molecular weight excluding hydrogens is 374 g/mol. The van der Waals surface area contributed by atoms with Crippen molar-refractivity contribution in [2.45, 2.75) is 23.0 Å². The van der Waals surface area contributed by atoms with E-state index in [1.807, 2.05) is 0 Å². The summed E-state index contributed by atoms with van der Waals surface area (Å²) in [5, 5.41) is -0.514. The van der Waals surface area contributed by atoms with Gasteiger partial charge in [-0.3, -0.25) is 4.79 Å². The van der Waals surface area contributed by atoms with E-state index in [9.17, 15) is 13.2 Å². The Morgan fingerprint density at radius 3 is 2.46 bits per heavy atom. The van der Waals surface area contributed by atoms with E-state index in [1.54, 1.807) is 49.4 Å². The van der Waals surface area contributed by atoms with Crippen LogP contribution in [0.3, 0.4) is 0 Å². The van der Waals surface area contributed by atoms with Crippen LogP contribution in [0.15, 0.2) is 59.5 Å². The van der Waals surface area contributed by atoms with Crippen molar-refractivity contribution in [3.8, 4) is 0 Å². The van der Waals surface area contributed by atoms with Crippen LogP contribution in [0.2, 0.25) is 5.02 Å². The summed E-state index contributed by atoms with van der Waals surface area (Å²) in [5.41, 5.74) is 5.29. The van der Waals surface area contributed by atoms with Gasteiger partial charge in [-0.25, -0.2) is 8.42 Å². The van der Waals surface area contributed by atoms with E-state index < -0.39 is 32.4 Å². The molecular formula is C19H20ClNO4S. The highest BCUT2D eigenvalue weighted by Crippen LogP contribution is 2.64. The maximum absolute atomic E-state index is 13.3. The Bertz CT molecular complexity index is 916. The second kappa shape index (κ2) is 7.02. The Balaban J connectivity index is 2.13. The molecule has 5 nitrogen and oxygen atoms in total. The number of nitrogens with two attached hydrogens (primary N) is 1. The lowest BCUT2D eigenvalue weighted by molar-refractivity contribution is -0.149. The zero-order chi connectivity index (χ0) is 18.9. The number of rotatable bonds is 6. The lowest BCUT2D eigenvalue weighted by atomic mass is 9.99. The third kappa shape index (κ3) is 2.92. The van der Waals surface area contributed by atoms with Crippen LogP contribution in [0, 0.1) is 5.41 Å². The molecule has 0 aliphatic heterocycles. The van der Waals surface area contributed by atoms with Gasteiger partial charge in [0.15, 0.2) is 9.84 Å². The quantitative estimate of drug-likeness (QED) is 0.762. The second-order valence-corrected chi connectivity index (χ2v) is 8.78. The molecule has 0 spiro atoms. The van der Waals surface area contributed by atoms with Crippen molar-refractivity contribution < 1.29 is 17.9 Å². The summed E-state index contributed by atoms with van der Waals surface area (Å²) in [6, 6.07) is 15.0. The average molecular weight is 394 g/mol. The van der Waals surface area contributed by atoms with Gasteiger partial charge in [-0.05, 0) is 36.8 Å². The van der Waals surface area contributed by atoms with E-state index >= 15 is 0 Å². The predicted octanol–water partition coefficient (Wildman–Crippen LogP) is 2.79. The summed E-state index contributed by atoms with van der Waals surface area (Å²) in [4.78, 5) is 12.9. The summed E-state index contributed by atoms with van der Waals surface area (Å²) >= 11 is 6.08. The second-order valence-electron chi connectivity index (χ2n) is 6.28. The van der Waals surface area contributed by atoms with Gasteiger partial charge in [-0.2, -0.15) is 0 Å². The minimum atomic E-state index is -3.78. The van der Waals surface area contributed by atoms with Crippen LogP contribution in [0.1, 0.15) is 18.4 Å². The van der Waals surface area contributed by atoms with Crippen molar-refractivity contribution in [1.29, 1.82) is 0 Å². The number of benzene rings is 2. The summed E-state index contributed by atoms with van der Waals surface area (Å²) in [6.07, 6.45) is 0. The number of sulfone groups is 1. The van der Waals surface area contributed by atoms with Crippen molar-refractivity contribution in [2.75, 3.05) is 13.2 Å². The van der Waals surface area contributed by atoms with E-state index in [0.29, 0.717) is 10.6 Å². The van der Waals surface area contributed by atoms with E-state index in [1.165, 1.54) is 12.1 Å². The molecule has 7 heteroatoms. The summed E-state index contributed by atoms with van der Waals surface area (Å²) in [7, 11) is -3.78. The lowest BCUT2D eigenvalue weighted by Crippen LogP contribution is -2.33. The highest BCUT2D eigenvalue weighted by molar-refractivity contribution is 7.92. The smallest absolute Gasteiger partial charge is 0.315 e. The maximum Gasteiger partial charge on any atom is 0.315 e. The SMILES string of the molecule is CCOC(=O)C1(CN)C(c2cccc(Cl)c2)C1S(=O)(=O)c1ccccc1. The molecule has 1 aliphatic carbocycles. The summed E-state index contributed by atoms with van der Waals surface area (Å²) in [6.45, 7) is 1.71. The van der Waals surface area contributed by atoms with E-state index in [-0.39, 0.29) is 18.0 Å². The zero-order valence-electron chi connectivity index (χ0n) is 14.3. The Labute approximate surface area is 158 Å². The largest absolute Gasteiger partial charge is 0.465 e. The van der Waals surface area contributed by atoms with Crippen molar-refractivity contribution in [3.05, 3.63) is 65.2 Å². The fourth-order valence-corrected chi connectivity index (χ4v) is 6.23. The molecule has 1 aliphatic rings. The van der Waals surface area contributed by atoms with E-state index in [0.717, 1.165) is 0 Å². The number of carbonyl (C=O) groups excluding carboxylic acids is 1. The van der Waals surface area contributed by atoms with Gasteiger partial charge in [0.1, 0.15) is 5.41 Å². The molecule has 26 heavy (non-hydrogen) atoms. The van der Waals surface area contributed by atoms with Crippen LogP contribution in [0.4, 0.5) is 0 Å². The fraction of sp³-hybridized carbons (Fsp3) is 0.316. The van der Waals surface area contributed by atoms with Gasteiger partial charge < -0.3 is 10.5 Å². The molecule has 2 aromatic rings. The highest BCUT2D eigenvalue weighted by Gasteiger charge is 2.75. The van der Waals surface area contributed by atoms with Crippen LogP contribution >= 0.6 is 11.6 Å². The standard InChI is InChI=1S/C19H20ClNO4S/c1-2-25-18(22)19(12-21)16(13-7-6-8-14(20)11-13)17(19)26(23,24)15-9-4-3-5-10-15/h3-11,16-17H,2,12,21H2,1H3. The first kappa shape index (κ1) is 18.9. The molecule has 0 aromatic heterocycles. The number of hydrogen-bond acceptors (Lipinski definition) is 5. The molecule has 0 amide bonds. The molecule has 0 saturated heterocycles. The minimum Gasteiger partial charge on any atom is -0.465 e. The summed E-state index contributed by atoms with van der Waals surface area (Å²) in [5.74, 6) is -1.19.